The Balaban J connectivity index is 1.28. The van der Waals surface area contributed by atoms with Crippen molar-refractivity contribution in [3.8, 4) is 17.2 Å². The molecule has 8 nitrogen and oxygen atoms in total. The molecule has 3 aromatic rings. The molecule has 176 valence electrons. The third kappa shape index (κ3) is 5.39. The molecule has 4 rings (SSSR count). The van der Waals surface area contributed by atoms with Gasteiger partial charge in [-0.3, -0.25) is 0 Å². The Hall–Kier alpha value is -3.26. The monoisotopic (exact) mass is 451 g/mol. The maximum Gasteiger partial charge on any atom is 0.225 e. The molecule has 1 saturated carbocycles. The first-order valence-corrected chi connectivity index (χ1v) is 11.4. The number of nitrogens with one attached hydrogen (secondary N) is 2. The van der Waals surface area contributed by atoms with Crippen LogP contribution in [0.25, 0.3) is 10.9 Å². The number of fused-ring (bicyclic) bond motifs is 1. The van der Waals surface area contributed by atoms with E-state index in [2.05, 4.69) is 16.7 Å². The van der Waals surface area contributed by atoms with Crippen LogP contribution >= 0.6 is 0 Å². The first-order valence-electron chi connectivity index (χ1n) is 11.4. The van der Waals surface area contributed by atoms with E-state index in [-0.39, 0.29) is 17.2 Å². The summed E-state index contributed by atoms with van der Waals surface area (Å²) in [5.41, 5.74) is 1.83. The standard InChI is InChI=1S/C25H33N5O3/c1-30(2)24-19-6-4-5-7-20(19)28-25(29-24)27-14-16-8-10-18(11-9-16)26-15-17-12-21(31)23(32)22(13-17)33-3/h4-7,12-13,16,18,26,31-32H,8-11,14-15H2,1-3H3,(H,27,28,29)/t16-,18+. The predicted molar refractivity (Wildman–Crippen MR) is 131 cm³/mol. The highest BCUT2D eigenvalue weighted by Gasteiger charge is 2.21. The van der Waals surface area contributed by atoms with E-state index in [1.54, 1.807) is 12.1 Å². The van der Waals surface area contributed by atoms with E-state index < -0.39 is 0 Å². The van der Waals surface area contributed by atoms with Crippen LogP contribution in [-0.4, -0.2) is 54.0 Å². The zero-order chi connectivity index (χ0) is 23.4. The third-order valence-corrected chi connectivity index (χ3v) is 6.33. The van der Waals surface area contributed by atoms with E-state index in [0.29, 0.717) is 24.5 Å². The number of aromatic nitrogens is 2. The van der Waals surface area contributed by atoms with Crippen molar-refractivity contribution in [2.45, 2.75) is 38.3 Å². The first kappa shape index (κ1) is 22.9. The molecule has 0 saturated heterocycles. The van der Waals surface area contributed by atoms with Gasteiger partial charge in [0.15, 0.2) is 11.5 Å². The van der Waals surface area contributed by atoms with Gasteiger partial charge in [-0.1, -0.05) is 12.1 Å². The lowest BCUT2D eigenvalue weighted by molar-refractivity contribution is 0.299. The zero-order valence-corrected chi connectivity index (χ0v) is 19.5. The molecule has 0 aliphatic heterocycles. The molecule has 1 fully saturated rings. The van der Waals surface area contributed by atoms with Gasteiger partial charge in [0.05, 0.1) is 12.6 Å². The van der Waals surface area contributed by atoms with Gasteiger partial charge < -0.3 is 30.5 Å². The summed E-state index contributed by atoms with van der Waals surface area (Å²) < 4.78 is 5.12. The molecule has 0 unspecified atom stereocenters. The number of hydrogen-bond donors (Lipinski definition) is 4. The Morgan fingerprint density at radius 2 is 1.82 bits per heavy atom. The Kier molecular flexibility index (Phi) is 7.03. The van der Waals surface area contributed by atoms with Crippen LogP contribution in [0, 0.1) is 5.92 Å². The van der Waals surface area contributed by atoms with Gasteiger partial charge >= 0.3 is 0 Å². The maximum absolute atomic E-state index is 9.87. The number of rotatable bonds is 8. The molecular formula is C25H33N5O3. The van der Waals surface area contributed by atoms with Gasteiger partial charge in [0.1, 0.15) is 5.82 Å². The summed E-state index contributed by atoms with van der Waals surface area (Å²) in [6.07, 6.45) is 4.44. The first-order chi connectivity index (χ1) is 15.9. The fourth-order valence-corrected chi connectivity index (χ4v) is 4.45. The summed E-state index contributed by atoms with van der Waals surface area (Å²) >= 11 is 0. The second-order valence-electron chi connectivity index (χ2n) is 8.93. The van der Waals surface area contributed by atoms with Crippen LogP contribution in [0.4, 0.5) is 11.8 Å². The molecule has 1 aliphatic carbocycles. The summed E-state index contributed by atoms with van der Waals surface area (Å²) in [7, 11) is 5.48. The van der Waals surface area contributed by atoms with Crippen molar-refractivity contribution >= 4 is 22.7 Å². The van der Waals surface area contributed by atoms with Gasteiger partial charge in [-0.15, -0.1) is 0 Å². The molecule has 33 heavy (non-hydrogen) atoms. The molecule has 4 N–H and O–H groups in total. The average molecular weight is 452 g/mol. The molecule has 0 bridgehead atoms. The number of para-hydroxylation sites is 1. The quantitative estimate of drug-likeness (QED) is 0.383. The summed E-state index contributed by atoms with van der Waals surface area (Å²) in [5, 5.41) is 27.7. The van der Waals surface area contributed by atoms with Crippen molar-refractivity contribution in [2.75, 3.05) is 38.0 Å². The molecule has 1 aliphatic rings. The number of phenols is 2. The largest absolute Gasteiger partial charge is 0.504 e. The minimum Gasteiger partial charge on any atom is -0.504 e. The van der Waals surface area contributed by atoms with Crippen LogP contribution in [0.1, 0.15) is 31.2 Å². The van der Waals surface area contributed by atoms with Crippen LogP contribution in [0.2, 0.25) is 0 Å². The van der Waals surface area contributed by atoms with E-state index >= 15 is 0 Å². The van der Waals surface area contributed by atoms with Gasteiger partial charge in [0.25, 0.3) is 0 Å². The Labute approximate surface area is 194 Å². The van der Waals surface area contributed by atoms with Crippen LogP contribution in [0.5, 0.6) is 17.2 Å². The zero-order valence-electron chi connectivity index (χ0n) is 19.5. The van der Waals surface area contributed by atoms with Crippen molar-refractivity contribution in [3.63, 3.8) is 0 Å². The van der Waals surface area contributed by atoms with Crippen LogP contribution in [-0.2, 0) is 6.54 Å². The molecule has 0 amide bonds. The van der Waals surface area contributed by atoms with E-state index in [0.717, 1.165) is 54.5 Å². The second kappa shape index (κ2) is 10.1. The summed E-state index contributed by atoms with van der Waals surface area (Å²) in [5.74, 6) is 2.09. The Morgan fingerprint density at radius 1 is 1.06 bits per heavy atom. The lowest BCUT2D eigenvalue weighted by Crippen LogP contribution is -2.34. The van der Waals surface area contributed by atoms with Crippen molar-refractivity contribution in [1.82, 2.24) is 15.3 Å². The highest BCUT2D eigenvalue weighted by molar-refractivity contribution is 5.90. The lowest BCUT2D eigenvalue weighted by atomic mass is 9.86. The van der Waals surface area contributed by atoms with E-state index in [9.17, 15) is 10.2 Å². The molecule has 1 heterocycles. The van der Waals surface area contributed by atoms with Gasteiger partial charge in [0, 0.05) is 38.6 Å². The number of aromatic hydroxyl groups is 2. The van der Waals surface area contributed by atoms with Crippen molar-refractivity contribution < 1.29 is 14.9 Å². The molecular weight excluding hydrogens is 418 g/mol. The van der Waals surface area contributed by atoms with Gasteiger partial charge in [-0.2, -0.15) is 4.98 Å². The fourth-order valence-electron chi connectivity index (χ4n) is 4.45. The number of anilines is 2. The highest BCUT2D eigenvalue weighted by atomic mass is 16.5. The SMILES string of the molecule is COc1cc(CN[C@H]2CC[C@@H](CNc3nc(N(C)C)c4ccccc4n3)CC2)cc(O)c1O. The molecule has 8 heteroatoms. The second-order valence-corrected chi connectivity index (χ2v) is 8.93. The van der Waals surface area contributed by atoms with Crippen LogP contribution in [0.15, 0.2) is 36.4 Å². The molecule has 0 atom stereocenters. The van der Waals surface area contributed by atoms with Crippen molar-refractivity contribution in [1.29, 1.82) is 0 Å². The van der Waals surface area contributed by atoms with E-state index in [4.69, 9.17) is 14.7 Å². The topological polar surface area (TPSA) is 103 Å². The lowest BCUT2D eigenvalue weighted by Gasteiger charge is -2.29. The van der Waals surface area contributed by atoms with Gasteiger partial charge in [0.2, 0.25) is 11.7 Å². The fraction of sp³-hybridized carbons (Fsp3) is 0.440. The average Bonchev–Trinajstić information content (AvgIpc) is 2.83. The molecule has 0 radical (unpaired) electrons. The summed E-state index contributed by atoms with van der Waals surface area (Å²) in [6, 6.07) is 11.9. The normalized spacial score (nSPS) is 18.3. The predicted octanol–water partition coefficient (Wildman–Crippen LogP) is 3.88. The molecule has 2 aromatic carbocycles. The number of nitrogens with zero attached hydrogens (tertiary/aromatic N) is 3. The summed E-state index contributed by atoms with van der Waals surface area (Å²) in [6.45, 7) is 1.48. The van der Waals surface area contributed by atoms with Crippen molar-refractivity contribution in [3.05, 3.63) is 42.0 Å². The van der Waals surface area contributed by atoms with E-state index in [1.807, 2.05) is 37.2 Å². The van der Waals surface area contributed by atoms with Gasteiger partial charge in [-0.25, -0.2) is 4.98 Å². The van der Waals surface area contributed by atoms with E-state index in [1.165, 1.54) is 7.11 Å². The minimum atomic E-state index is -0.220. The Morgan fingerprint density at radius 3 is 2.55 bits per heavy atom. The summed E-state index contributed by atoms with van der Waals surface area (Å²) in [4.78, 5) is 11.5. The third-order valence-electron chi connectivity index (χ3n) is 6.33. The smallest absolute Gasteiger partial charge is 0.225 e. The van der Waals surface area contributed by atoms with Gasteiger partial charge in [-0.05, 0) is 61.4 Å². The van der Waals surface area contributed by atoms with Crippen LogP contribution in [0.3, 0.4) is 0 Å². The number of benzene rings is 2. The van der Waals surface area contributed by atoms with Crippen molar-refractivity contribution in [2.24, 2.45) is 5.92 Å². The number of methoxy groups -OCH3 is 1. The number of ether oxygens (including phenoxy) is 1. The minimum absolute atomic E-state index is 0.158. The number of hydrogen-bond acceptors (Lipinski definition) is 8. The van der Waals surface area contributed by atoms with Crippen LogP contribution < -0.4 is 20.3 Å². The highest BCUT2D eigenvalue weighted by Crippen LogP contribution is 2.36. The maximum atomic E-state index is 9.87. The Bertz CT molecular complexity index is 1100. The number of phenolic OH excluding ortho intramolecular Hbond substituents is 2. The molecule has 1 aromatic heterocycles. The molecule has 0 spiro atoms.